The highest BCUT2D eigenvalue weighted by atomic mass is 16.1. The standard InChI is InChI=1S/C6H12N2O/c7-5-2-1-3-6(9)8-4-5/h5H,1-4,7H2,(H,8,9)/t5-/m0/s1. The molecule has 0 unspecified atom stereocenters. The molecule has 1 aliphatic heterocycles. The Kier molecular flexibility index (Phi) is 2.05. The van der Waals surface area contributed by atoms with Crippen LogP contribution in [0, 0.1) is 0 Å². The average molecular weight is 128 g/mol. The Morgan fingerprint density at radius 2 is 2.44 bits per heavy atom. The highest BCUT2D eigenvalue weighted by Crippen LogP contribution is 2.01. The second kappa shape index (κ2) is 2.82. The first-order valence-corrected chi connectivity index (χ1v) is 3.31. The van der Waals surface area contributed by atoms with Crippen LogP contribution in [-0.4, -0.2) is 18.5 Å². The highest BCUT2D eigenvalue weighted by Gasteiger charge is 2.10. The molecule has 1 saturated heterocycles. The number of nitrogens with one attached hydrogen (secondary N) is 1. The lowest BCUT2D eigenvalue weighted by molar-refractivity contribution is -0.120. The molecule has 1 fully saturated rings. The van der Waals surface area contributed by atoms with Crippen LogP contribution in [0.25, 0.3) is 0 Å². The van der Waals surface area contributed by atoms with Gasteiger partial charge in [-0.1, -0.05) is 0 Å². The van der Waals surface area contributed by atoms with Crippen molar-refractivity contribution in [2.75, 3.05) is 6.54 Å². The lowest BCUT2D eigenvalue weighted by Crippen LogP contribution is -2.33. The third-order valence-electron chi connectivity index (χ3n) is 1.54. The van der Waals surface area contributed by atoms with Crippen LogP contribution in [0.15, 0.2) is 0 Å². The van der Waals surface area contributed by atoms with E-state index in [2.05, 4.69) is 5.32 Å². The van der Waals surface area contributed by atoms with Gasteiger partial charge >= 0.3 is 0 Å². The van der Waals surface area contributed by atoms with Crippen molar-refractivity contribution < 1.29 is 4.79 Å². The van der Waals surface area contributed by atoms with Crippen LogP contribution in [0.4, 0.5) is 0 Å². The van der Waals surface area contributed by atoms with E-state index in [-0.39, 0.29) is 11.9 Å². The maximum Gasteiger partial charge on any atom is 0.220 e. The van der Waals surface area contributed by atoms with Crippen LogP contribution < -0.4 is 11.1 Å². The van der Waals surface area contributed by atoms with E-state index < -0.39 is 0 Å². The molecule has 0 aromatic carbocycles. The first-order valence-electron chi connectivity index (χ1n) is 3.31. The zero-order valence-corrected chi connectivity index (χ0v) is 5.39. The van der Waals surface area contributed by atoms with Gasteiger partial charge in [0.15, 0.2) is 0 Å². The number of carbonyl (C=O) groups excluding carboxylic acids is 1. The summed E-state index contributed by atoms with van der Waals surface area (Å²) in [4.78, 5) is 10.7. The van der Waals surface area contributed by atoms with Gasteiger partial charge in [0.05, 0.1) is 0 Å². The summed E-state index contributed by atoms with van der Waals surface area (Å²) in [6.07, 6.45) is 2.55. The minimum absolute atomic E-state index is 0.142. The van der Waals surface area contributed by atoms with Crippen molar-refractivity contribution in [3.8, 4) is 0 Å². The molecule has 1 heterocycles. The molecule has 0 radical (unpaired) electrons. The fourth-order valence-corrected chi connectivity index (χ4v) is 0.960. The van der Waals surface area contributed by atoms with Crippen molar-refractivity contribution in [2.24, 2.45) is 5.73 Å². The summed E-state index contributed by atoms with van der Waals surface area (Å²) in [5.41, 5.74) is 5.58. The third-order valence-corrected chi connectivity index (χ3v) is 1.54. The molecule has 52 valence electrons. The number of nitrogens with two attached hydrogens (primary N) is 1. The van der Waals surface area contributed by atoms with E-state index in [0.717, 1.165) is 12.8 Å². The lowest BCUT2D eigenvalue weighted by Gasteiger charge is -2.04. The summed E-state index contributed by atoms with van der Waals surface area (Å²) in [6, 6.07) is 0.177. The van der Waals surface area contributed by atoms with Gasteiger partial charge in [-0.05, 0) is 12.8 Å². The van der Waals surface area contributed by atoms with Gasteiger partial charge in [0.2, 0.25) is 5.91 Å². The van der Waals surface area contributed by atoms with Gasteiger partial charge in [-0.2, -0.15) is 0 Å². The molecule has 1 amide bonds. The monoisotopic (exact) mass is 128 g/mol. The fraction of sp³-hybridized carbons (Fsp3) is 0.833. The molecular weight excluding hydrogens is 116 g/mol. The molecule has 1 atom stereocenters. The Labute approximate surface area is 54.6 Å². The Morgan fingerprint density at radius 3 is 3.22 bits per heavy atom. The molecule has 1 aliphatic rings. The van der Waals surface area contributed by atoms with Gasteiger partial charge in [-0.15, -0.1) is 0 Å². The molecule has 0 aliphatic carbocycles. The van der Waals surface area contributed by atoms with Crippen molar-refractivity contribution in [3.63, 3.8) is 0 Å². The van der Waals surface area contributed by atoms with Crippen molar-refractivity contribution in [2.45, 2.75) is 25.3 Å². The number of amides is 1. The molecular formula is C6H12N2O. The normalized spacial score (nSPS) is 29.0. The fourth-order valence-electron chi connectivity index (χ4n) is 0.960. The van der Waals surface area contributed by atoms with Crippen LogP contribution >= 0.6 is 0 Å². The molecule has 0 spiro atoms. The Bertz CT molecular complexity index is 114. The van der Waals surface area contributed by atoms with Crippen molar-refractivity contribution in [1.82, 2.24) is 5.32 Å². The number of hydrogen-bond acceptors (Lipinski definition) is 2. The number of carbonyl (C=O) groups is 1. The molecule has 0 bridgehead atoms. The highest BCUT2D eigenvalue weighted by molar-refractivity contribution is 5.76. The number of rotatable bonds is 0. The van der Waals surface area contributed by atoms with Crippen LogP contribution in [-0.2, 0) is 4.79 Å². The summed E-state index contributed by atoms with van der Waals surface area (Å²) >= 11 is 0. The summed E-state index contributed by atoms with van der Waals surface area (Å²) in [5.74, 6) is 0.142. The maximum absolute atomic E-state index is 10.7. The van der Waals surface area contributed by atoms with Crippen molar-refractivity contribution in [3.05, 3.63) is 0 Å². The third kappa shape index (κ3) is 2.01. The zero-order valence-electron chi connectivity index (χ0n) is 5.39. The summed E-state index contributed by atoms with van der Waals surface area (Å²) < 4.78 is 0. The Balaban J connectivity index is 2.34. The van der Waals surface area contributed by atoms with Crippen molar-refractivity contribution in [1.29, 1.82) is 0 Å². The summed E-state index contributed by atoms with van der Waals surface area (Å²) in [6.45, 7) is 0.652. The zero-order chi connectivity index (χ0) is 6.69. The molecule has 3 heteroatoms. The number of hydrogen-bond donors (Lipinski definition) is 2. The minimum atomic E-state index is 0.142. The SMILES string of the molecule is N[C@H]1CCCC(=O)NC1. The molecule has 0 aromatic heterocycles. The van der Waals surface area contributed by atoms with E-state index in [4.69, 9.17) is 5.73 Å². The molecule has 9 heavy (non-hydrogen) atoms. The van der Waals surface area contributed by atoms with Crippen LogP contribution in [0.1, 0.15) is 19.3 Å². The van der Waals surface area contributed by atoms with E-state index in [1.165, 1.54) is 0 Å². The van der Waals surface area contributed by atoms with Crippen LogP contribution in [0.5, 0.6) is 0 Å². The Morgan fingerprint density at radius 1 is 1.67 bits per heavy atom. The van der Waals surface area contributed by atoms with Gasteiger partial charge in [0.25, 0.3) is 0 Å². The quantitative estimate of drug-likeness (QED) is 0.467. The minimum Gasteiger partial charge on any atom is -0.355 e. The topological polar surface area (TPSA) is 55.1 Å². The van der Waals surface area contributed by atoms with E-state index in [1.54, 1.807) is 0 Å². The molecule has 3 N–H and O–H groups in total. The predicted molar refractivity (Wildman–Crippen MR) is 34.8 cm³/mol. The second-order valence-electron chi connectivity index (χ2n) is 2.46. The Hall–Kier alpha value is -0.570. The largest absolute Gasteiger partial charge is 0.355 e. The van der Waals surface area contributed by atoms with E-state index in [0.29, 0.717) is 13.0 Å². The van der Waals surface area contributed by atoms with E-state index in [1.807, 2.05) is 0 Å². The summed E-state index contributed by atoms with van der Waals surface area (Å²) in [7, 11) is 0. The molecule has 3 nitrogen and oxygen atoms in total. The van der Waals surface area contributed by atoms with Crippen LogP contribution in [0.2, 0.25) is 0 Å². The van der Waals surface area contributed by atoms with E-state index in [9.17, 15) is 4.79 Å². The van der Waals surface area contributed by atoms with Gasteiger partial charge < -0.3 is 11.1 Å². The van der Waals surface area contributed by atoms with E-state index >= 15 is 0 Å². The van der Waals surface area contributed by atoms with Crippen LogP contribution in [0.3, 0.4) is 0 Å². The van der Waals surface area contributed by atoms with Gasteiger partial charge in [-0.3, -0.25) is 4.79 Å². The smallest absolute Gasteiger partial charge is 0.220 e. The molecule has 1 rings (SSSR count). The van der Waals surface area contributed by atoms with Gasteiger partial charge in [0.1, 0.15) is 0 Å². The summed E-state index contributed by atoms with van der Waals surface area (Å²) in [5, 5.41) is 2.73. The average Bonchev–Trinajstić information content (AvgIpc) is 1.97. The van der Waals surface area contributed by atoms with Gasteiger partial charge in [-0.25, -0.2) is 0 Å². The van der Waals surface area contributed by atoms with Crippen molar-refractivity contribution >= 4 is 5.91 Å². The lowest BCUT2D eigenvalue weighted by atomic mass is 10.2. The maximum atomic E-state index is 10.7. The first-order chi connectivity index (χ1) is 4.29. The molecule has 0 aromatic rings. The molecule has 0 saturated carbocycles. The first kappa shape index (κ1) is 6.55. The van der Waals surface area contributed by atoms with Gasteiger partial charge in [0, 0.05) is 19.0 Å². The predicted octanol–water partition coefficient (Wildman–Crippen LogP) is -0.386. The second-order valence-corrected chi connectivity index (χ2v) is 2.46.